The summed E-state index contributed by atoms with van der Waals surface area (Å²) in [6.45, 7) is 6.01. The fourth-order valence-corrected chi connectivity index (χ4v) is 3.69. The summed E-state index contributed by atoms with van der Waals surface area (Å²) in [6, 6.07) is 15.9. The molecule has 4 aromatic rings. The van der Waals surface area contributed by atoms with E-state index in [9.17, 15) is 4.79 Å². The number of amides is 1. The van der Waals surface area contributed by atoms with E-state index < -0.39 is 0 Å². The Morgan fingerprint density at radius 3 is 2.55 bits per heavy atom. The number of benzene rings is 2. The van der Waals surface area contributed by atoms with E-state index >= 15 is 0 Å². The molecule has 0 spiro atoms. The Balaban J connectivity index is 1.48. The number of para-hydroxylation sites is 2. The number of nitrogens with zero attached hydrogens (tertiary/aromatic N) is 4. The lowest BCUT2D eigenvalue weighted by Crippen LogP contribution is -2.26. The highest BCUT2D eigenvalue weighted by Gasteiger charge is 2.13. The molecule has 0 fully saturated rings. The van der Waals surface area contributed by atoms with Gasteiger partial charge in [-0.2, -0.15) is 0 Å². The Morgan fingerprint density at radius 2 is 1.76 bits per heavy atom. The first-order chi connectivity index (χ1) is 14.1. The average Bonchev–Trinajstić information content (AvgIpc) is 3.37. The van der Waals surface area contributed by atoms with Gasteiger partial charge in [-0.25, -0.2) is 0 Å². The highest BCUT2D eigenvalue weighted by Crippen LogP contribution is 2.23. The highest BCUT2D eigenvalue weighted by molar-refractivity contribution is 5.97. The Bertz CT molecular complexity index is 1110. The van der Waals surface area contributed by atoms with Crippen molar-refractivity contribution in [3.63, 3.8) is 0 Å². The largest absolute Gasteiger partial charge is 0.352 e. The van der Waals surface area contributed by atoms with E-state index in [4.69, 9.17) is 0 Å². The Hall–Kier alpha value is -3.41. The predicted molar refractivity (Wildman–Crippen MR) is 114 cm³/mol. The van der Waals surface area contributed by atoms with E-state index in [0.717, 1.165) is 18.7 Å². The van der Waals surface area contributed by atoms with Gasteiger partial charge in [0, 0.05) is 30.2 Å². The summed E-state index contributed by atoms with van der Waals surface area (Å²) in [7, 11) is 0. The van der Waals surface area contributed by atoms with E-state index in [1.165, 1.54) is 16.5 Å². The van der Waals surface area contributed by atoms with Gasteiger partial charge < -0.3 is 9.88 Å². The number of carbonyl (C=O) groups excluding carboxylic acids is 1. The van der Waals surface area contributed by atoms with Crippen molar-refractivity contribution in [2.24, 2.45) is 5.92 Å². The molecule has 0 atom stereocenters. The van der Waals surface area contributed by atoms with Gasteiger partial charge in [-0.05, 0) is 36.1 Å². The van der Waals surface area contributed by atoms with Crippen LogP contribution in [0.15, 0.2) is 67.4 Å². The number of aromatic nitrogens is 4. The second-order valence-corrected chi connectivity index (χ2v) is 7.61. The van der Waals surface area contributed by atoms with E-state index in [1.54, 1.807) is 17.2 Å². The number of rotatable bonds is 7. The standard InChI is InChI=1S/C23H25N5O/c1-17(2)13-27-14-18(19-7-3-5-9-21(19)27)11-12-24-23(29)20-8-4-6-10-22(20)28-15-25-26-16-28/h3-10,14-17H,11-13H2,1-2H3,(H,24,29). The van der Waals surface area contributed by atoms with Crippen LogP contribution in [0.2, 0.25) is 0 Å². The zero-order valence-corrected chi connectivity index (χ0v) is 16.7. The first-order valence-corrected chi connectivity index (χ1v) is 9.92. The van der Waals surface area contributed by atoms with Crippen molar-refractivity contribution in [1.29, 1.82) is 0 Å². The monoisotopic (exact) mass is 387 g/mol. The van der Waals surface area contributed by atoms with Crippen LogP contribution in [-0.4, -0.2) is 31.8 Å². The Labute approximate surface area is 170 Å². The lowest BCUT2D eigenvalue weighted by atomic mass is 10.1. The molecule has 1 amide bonds. The molecule has 4 rings (SSSR count). The zero-order chi connectivity index (χ0) is 20.2. The maximum Gasteiger partial charge on any atom is 0.253 e. The number of fused-ring (bicyclic) bond motifs is 1. The molecule has 0 aliphatic rings. The number of hydrogen-bond donors (Lipinski definition) is 1. The topological polar surface area (TPSA) is 64.7 Å². The van der Waals surface area contributed by atoms with Crippen LogP contribution in [0.25, 0.3) is 16.6 Å². The van der Waals surface area contributed by atoms with Gasteiger partial charge in [0.25, 0.3) is 5.91 Å². The van der Waals surface area contributed by atoms with Gasteiger partial charge in [0.15, 0.2) is 0 Å². The van der Waals surface area contributed by atoms with Gasteiger partial charge >= 0.3 is 0 Å². The SMILES string of the molecule is CC(C)Cn1cc(CCNC(=O)c2ccccc2-n2cnnc2)c2ccccc21. The van der Waals surface area contributed by atoms with Crippen molar-refractivity contribution in [3.8, 4) is 5.69 Å². The second kappa shape index (κ2) is 8.31. The summed E-state index contributed by atoms with van der Waals surface area (Å²) in [4.78, 5) is 12.8. The van der Waals surface area contributed by atoms with Crippen LogP contribution in [0, 0.1) is 5.92 Å². The zero-order valence-electron chi connectivity index (χ0n) is 16.7. The summed E-state index contributed by atoms with van der Waals surface area (Å²) in [6.07, 6.45) is 6.19. The fourth-order valence-electron chi connectivity index (χ4n) is 3.69. The maximum atomic E-state index is 12.8. The molecule has 0 saturated carbocycles. The van der Waals surface area contributed by atoms with E-state index in [-0.39, 0.29) is 5.91 Å². The van der Waals surface area contributed by atoms with Crippen molar-refractivity contribution >= 4 is 16.8 Å². The molecule has 2 aromatic heterocycles. The maximum absolute atomic E-state index is 12.8. The third-order valence-electron chi connectivity index (χ3n) is 4.96. The molecule has 29 heavy (non-hydrogen) atoms. The molecule has 0 unspecified atom stereocenters. The van der Waals surface area contributed by atoms with Crippen molar-refractivity contribution in [2.75, 3.05) is 6.54 Å². The molecule has 6 nitrogen and oxygen atoms in total. The van der Waals surface area contributed by atoms with Crippen LogP contribution in [0.3, 0.4) is 0 Å². The first-order valence-electron chi connectivity index (χ1n) is 9.92. The van der Waals surface area contributed by atoms with Gasteiger partial charge in [0.05, 0.1) is 11.3 Å². The molecule has 2 heterocycles. The molecular weight excluding hydrogens is 362 g/mol. The smallest absolute Gasteiger partial charge is 0.253 e. The van der Waals surface area contributed by atoms with Crippen LogP contribution in [0.1, 0.15) is 29.8 Å². The lowest BCUT2D eigenvalue weighted by molar-refractivity contribution is 0.0954. The fraction of sp³-hybridized carbons (Fsp3) is 0.261. The molecule has 6 heteroatoms. The van der Waals surface area contributed by atoms with Gasteiger partial charge in [-0.15, -0.1) is 10.2 Å². The quantitative estimate of drug-likeness (QED) is 0.524. The molecule has 0 radical (unpaired) electrons. The summed E-state index contributed by atoms with van der Waals surface area (Å²) in [5.74, 6) is 0.479. The molecule has 0 aliphatic carbocycles. The highest BCUT2D eigenvalue weighted by atomic mass is 16.1. The normalized spacial score (nSPS) is 11.3. The molecule has 1 N–H and O–H groups in total. The summed E-state index contributed by atoms with van der Waals surface area (Å²) >= 11 is 0. The minimum Gasteiger partial charge on any atom is -0.352 e. The van der Waals surface area contributed by atoms with Gasteiger partial charge in [0.1, 0.15) is 12.7 Å². The molecule has 0 bridgehead atoms. The summed E-state index contributed by atoms with van der Waals surface area (Å²) in [5, 5.41) is 12.0. The van der Waals surface area contributed by atoms with Crippen LogP contribution in [-0.2, 0) is 13.0 Å². The van der Waals surface area contributed by atoms with Gasteiger partial charge in [-0.3, -0.25) is 9.36 Å². The molecule has 0 saturated heterocycles. The summed E-state index contributed by atoms with van der Waals surface area (Å²) < 4.78 is 4.06. The minimum atomic E-state index is -0.0970. The van der Waals surface area contributed by atoms with Gasteiger partial charge in [-0.1, -0.05) is 44.2 Å². The Kier molecular flexibility index (Phi) is 5.42. The lowest BCUT2D eigenvalue weighted by Gasteiger charge is -2.10. The van der Waals surface area contributed by atoms with Gasteiger partial charge in [0.2, 0.25) is 0 Å². The van der Waals surface area contributed by atoms with Crippen LogP contribution in [0.5, 0.6) is 0 Å². The van der Waals surface area contributed by atoms with Crippen LogP contribution < -0.4 is 5.32 Å². The van der Waals surface area contributed by atoms with Crippen molar-refractivity contribution < 1.29 is 4.79 Å². The predicted octanol–water partition coefficient (Wildman–Crippen LogP) is 3.85. The van der Waals surface area contributed by atoms with Crippen molar-refractivity contribution in [1.82, 2.24) is 24.6 Å². The van der Waals surface area contributed by atoms with Crippen LogP contribution >= 0.6 is 0 Å². The third-order valence-corrected chi connectivity index (χ3v) is 4.96. The molecular formula is C23H25N5O. The van der Waals surface area contributed by atoms with Crippen LogP contribution in [0.4, 0.5) is 0 Å². The molecule has 148 valence electrons. The number of hydrogen-bond acceptors (Lipinski definition) is 3. The minimum absolute atomic E-state index is 0.0970. The molecule has 2 aromatic carbocycles. The van der Waals surface area contributed by atoms with Crippen molar-refractivity contribution in [2.45, 2.75) is 26.8 Å². The third kappa shape index (κ3) is 4.06. The van der Waals surface area contributed by atoms with E-state index in [0.29, 0.717) is 18.0 Å². The summed E-state index contributed by atoms with van der Waals surface area (Å²) in [5.41, 5.74) is 3.88. The van der Waals surface area contributed by atoms with E-state index in [1.807, 2.05) is 24.3 Å². The first kappa shape index (κ1) is 18.9. The second-order valence-electron chi connectivity index (χ2n) is 7.61. The van der Waals surface area contributed by atoms with E-state index in [2.05, 4.69) is 64.4 Å². The van der Waals surface area contributed by atoms with Crippen molar-refractivity contribution in [3.05, 3.63) is 78.5 Å². The Morgan fingerprint density at radius 1 is 1.03 bits per heavy atom. The number of nitrogens with one attached hydrogen (secondary N) is 1. The average molecular weight is 387 g/mol. The number of carbonyl (C=O) groups is 1. The molecule has 0 aliphatic heterocycles.